The number of nitrogens with zero attached hydrogens (tertiary/aromatic N) is 1. The highest BCUT2D eigenvalue weighted by molar-refractivity contribution is 7.10. The lowest BCUT2D eigenvalue weighted by Gasteiger charge is -2.36. The summed E-state index contributed by atoms with van der Waals surface area (Å²) in [6.45, 7) is 1.91. The van der Waals surface area contributed by atoms with Crippen LogP contribution < -0.4 is 5.32 Å². The second-order valence-corrected chi connectivity index (χ2v) is 9.92. The Morgan fingerprint density at radius 1 is 1.08 bits per heavy atom. The average Bonchev–Trinajstić information content (AvgIpc) is 3.42. The Labute approximate surface area is 212 Å². The first kappa shape index (κ1) is 23.7. The third-order valence-corrected chi connectivity index (χ3v) is 7.68. The third-order valence-electron chi connectivity index (χ3n) is 6.64. The monoisotopic (exact) mass is 500 g/mol. The van der Waals surface area contributed by atoms with E-state index >= 15 is 0 Å². The van der Waals surface area contributed by atoms with Crippen LogP contribution in [0.25, 0.3) is 0 Å². The number of thiophene rings is 1. The van der Waals surface area contributed by atoms with E-state index in [2.05, 4.69) is 5.32 Å². The molecule has 0 radical (unpaired) electrons. The normalized spacial score (nSPS) is 19.5. The van der Waals surface area contributed by atoms with Gasteiger partial charge in [0.15, 0.2) is 5.78 Å². The van der Waals surface area contributed by atoms with Gasteiger partial charge in [0.05, 0.1) is 10.5 Å². The van der Waals surface area contributed by atoms with Crippen molar-refractivity contribution in [2.24, 2.45) is 0 Å². The molecule has 182 valence electrons. The molecule has 0 saturated heterocycles. The van der Waals surface area contributed by atoms with E-state index in [1.54, 1.807) is 30.4 Å². The van der Waals surface area contributed by atoms with Gasteiger partial charge in [0.2, 0.25) is 0 Å². The molecule has 1 N–H and O–H groups in total. The van der Waals surface area contributed by atoms with E-state index in [-0.39, 0.29) is 24.0 Å². The minimum absolute atomic E-state index is 0.0358. The van der Waals surface area contributed by atoms with Gasteiger partial charge in [-0.1, -0.05) is 48.5 Å². The maximum absolute atomic E-state index is 13.6. The summed E-state index contributed by atoms with van der Waals surface area (Å²) in [5.41, 5.74) is 3.74. The van der Waals surface area contributed by atoms with Gasteiger partial charge in [-0.3, -0.25) is 14.9 Å². The van der Waals surface area contributed by atoms with Crippen LogP contribution in [-0.2, 0) is 20.9 Å². The summed E-state index contributed by atoms with van der Waals surface area (Å²) in [4.78, 5) is 38.9. The minimum Gasteiger partial charge on any atom is -0.457 e. The smallest absolute Gasteiger partial charge is 0.337 e. The summed E-state index contributed by atoms with van der Waals surface area (Å²) < 4.78 is 5.67. The molecule has 2 aliphatic rings. The van der Waals surface area contributed by atoms with Gasteiger partial charge in [-0.25, -0.2) is 4.79 Å². The zero-order valence-corrected chi connectivity index (χ0v) is 20.4. The molecule has 0 amide bonds. The van der Waals surface area contributed by atoms with Crippen LogP contribution in [-0.4, -0.2) is 16.7 Å². The Bertz CT molecular complexity index is 1380. The number of ketones is 1. The second kappa shape index (κ2) is 9.91. The predicted octanol–water partition coefficient (Wildman–Crippen LogP) is 5.76. The molecule has 1 aromatic heterocycles. The average molecular weight is 501 g/mol. The van der Waals surface area contributed by atoms with Crippen molar-refractivity contribution in [3.63, 3.8) is 0 Å². The van der Waals surface area contributed by atoms with Crippen LogP contribution in [0.5, 0.6) is 0 Å². The molecule has 8 heteroatoms. The quantitative estimate of drug-likeness (QED) is 0.262. The summed E-state index contributed by atoms with van der Waals surface area (Å²) in [5.74, 6) is -1.15. The summed E-state index contributed by atoms with van der Waals surface area (Å²) in [6.07, 6.45) is 0.991. The molecular formula is C28H24N2O5S. The van der Waals surface area contributed by atoms with Gasteiger partial charge < -0.3 is 10.1 Å². The first-order valence-electron chi connectivity index (χ1n) is 11.6. The number of nitrogens with one attached hydrogen (secondary N) is 1. The molecule has 0 bridgehead atoms. The number of allylic oxidation sites excluding steroid dienone is 3. The van der Waals surface area contributed by atoms with Gasteiger partial charge in [-0.15, -0.1) is 11.3 Å². The summed E-state index contributed by atoms with van der Waals surface area (Å²) >= 11 is 1.63. The van der Waals surface area contributed by atoms with E-state index in [0.717, 1.165) is 16.1 Å². The van der Waals surface area contributed by atoms with Crippen molar-refractivity contribution in [1.29, 1.82) is 0 Å². The summed E-state index contributed by atoms with van der Waals surface area (Å²) in [5, 5.41) is 16.5. The number of carbonyl (C=O) groups is 2. The molecule has 1 aliphatic carbocycles. The molecule has 2 heterocycles. The van der Waals surface area contributed by atoms with Crippen LogP contribution in [0.4, 0.5) is 5.69 Å². The number of Topliss-reactive ketones (excluding diaryl/α,β-unsaturated/α-hetero) is 1. The van der Waals surface area contributed by atoms with E-state index < -0.39 is 16.8 Å². The van der Waals surface area contributed by atoms with Gasteiger partial charge in [0.1, 0.15) is 6.61 Å². The van der Waals surface area contributed by atoms with E-state index in [0.29, 0.717) is 35.2 Å². The number of dihydropyridines is 1. The van der Waals surface area contributed by atoms with Crippen molar-refractivity contribution in [3.05, 3.63) is 121 Å². The molecule has 0 unspecified atom stereocenters. The van der Waals surface area contributed by atoms with Gasteiger partial charge >= 0.3 is 5.97 Å². The Hall–Kier alpha value is -4.04. The number of ether oxygens (including phenoxy) is 1. The molecule has 0 saturated carbocycles. The molecule has 5 rings (SSSR count). The van der Waals surface area contributed by atoms with Crippen molar-refractivity contribution in [1.82, 2.24) is 5.32 Å². The zero-order chi connectivity index (χ0) is 25.2. The molecule has 2 atom stereocenters. The standard InChI is InChI=1S/C28H24N2O5S/c1-17-25(28(32)35-16-18-6-3-2-4-7-18)26(19-9-11-21(12-10-19)30(33)34)27-22(29-17)14-20(15-23(27)31)24-8-5-13-36-24/h2-13,20,26,29H,14-16H2,1H3/t20-,26+/m1/s1. The zero-order valence-electron chi connectivity index (χ0n) is 19.6. The molecule has 7 nitrogen and oxygen atoms in total. The largest absolute Gasteiger partial charge is 0.457 e. The molecule has 0 spiro atoms. The van der Waals surface area contributed by atoms with E-state index in [1.807, 2.05) is 47.8 Å². The second-order valence-electron chi connectivity index (χ2n) is 8.94. The summed E-state index contributed by atoms with van der Waals surface area (Å²) in [6, 6.07) is 19.4. The van der Waals surface area contributed by atoms with E-state index in [4.69, 9.17) is 4.74 Å². The van der Waals surface area contributed by atoms with Gasteiger partial charge in [0.25, 0.3) is 5.69 Å². The molecule has 1 aliphatic heterocycles. The van der Waals surface area contributed by atoms with Crippen LogP contribution in [0.2, 0.25) is 0 Å². The number of hydrogen-bond acceptors (Lipinski definition) is 7. The van der Waals surface area contributed by atoms with Crippen LogP contribution in [0.15, 0.2) is 94.7 Å². The molecule has 36 heavy (non-hydrogen) atoms. The highest BCUT2D eigenvalue weighted by Crippen LogP contribution is 2.46. The molecule has 3 aromatic rings. The van der Waals surface area contributed by atoms with Gasteiger partial charge in [-0.2, -0.15) is 0 Å². The Balaban J connectivity index is 1.52. The maximum Gasteiger partial charge on any atom is 0.337 e. The van der Waals surface area contributed by atoms with E-state index in [9.17, 15) is 19.7 Å². The number of nitro groups is 1. The lowest BCUT2D eigenvalue weighted by molar-refractivity contribution is -0.384. The fourth-order valence-electron chi connectivity index (χ4n) is 4.96. The SMILES string of the molecule is CC1=C(C(=O)OCc2ccccc2)[C@H](c2ccc([N+](=O)[O-])cc2)C2=C(C[C@@H](c3cccs3)CC2=O)N1. The minimum atomic E-state index is -0.665. The fraction of sp³-hybridized carbons (Fsp3) is 0.214. The van der Waals surface area contributed by atoms with Crippen molar-refractivity contribution in [2.75, 3.05) is 0 Å². The number of carbonyl (C=O) groups excluding carboxylic acids is 2. The lowest BCUT2D eigenvalue weighted by Crippen LogP contribution is -2.36. The lowest BCUT2D eigenvalue weighted by atomic mass is 9.72. The van der Waals surface area contributed by atoms with Crippen molar-refractivity contribution in [3.8, 4) is 0 Å². The third kappa shape index (κ3) is 4.59. The summed E-state index contributed by atoms with van der Waals surface area (Å²) in [7, 11) is 0. The van der Waals surface area contributed by atoms with Crippen LogP contribution in [0.1, 0.15) is 47.6 Å². The first-order valence-corrected chi connectivity index (χ1v) is 12.5. The number of non-ortho nitro benzene ring substituents is 1. The fourth-order valence-corrected chi connectivity index (χ4v) is 5.79. The van der Waals surface area contributed by atoms with Crippen LogP contribution >= 0.6 is 11.3 Å². The molecule has 0 fully saturated rings. The maximum atomic E-state index is 13.6. The number of benzene rings is 2. The Kier molecular flexibility index (Phi) is 6.52. The van der Waals surface area contributed by atoms with E-state index in [1.165, 1.54) is 12.1 Å². The number of nitro benzene ring substituents is 1. The number of hydrogen-bond donors (Lipinski definition) is 1. The van der Waals surface area contributed by atoms with Gasteiger partial charge in [0, 0.05) is 52.2 Å². The van der Waals surface area contributed by atoms with Crippen molar-refractivity contribution < 1.29 is 19.2 Å². The van der Waals surface area contributed by atoms with Crippen molar-refractivity contribution in [2.45, 2.75) is 38.2 Å². The Morgan fingerprint density at radius 2 is 1.83 bits per heavy atom. The van der Waals surface area contributed by atoms with Crippen LogP contribution in [0.3, 0.4) is 0 Å². The predicted molar refractivity (Wildman–Crippen MR) is 136 cm³/mol. The van der Waals surface area contributed by atoms with Crippen LogP contribution in [0, 0.1) is 10.1 Å². The number of rotatable bonds is 6. The van der Waals surface area contributed by atoms with Crippen molar-refractivity contribution >= 4 is 28.8 Å². The topological polar surface area (TPSA) is 98.5 Å². The first-order chi connectivity index (χ1) is 17.4. The van der Waals surface area contributed by atoms with Gasteiger partial charge in [-0.05, 0) is 35.9 Å². The number of esters is 1. The molecule has 2 aromatic carbocycles. The Morgan fingerprint density at radius 3 is 2.50 bits per heavy atom. The molecular weight excluding hydrogens is 476 g/mol. The highest BCUT2D eigenvalue weighted by Gasteiger charge is 2.41. The highest BCUT2D eigenvalue weighted by atomic mass is 32.1.